The van der Waals surface area contributed by atoms with Gasteiger partial charge in [-0.05, 0) is 54.6 Å². The number of hydrogen-bond acceptors (Lipinski definition) is 3. The summed E-state index contributed by atoms with van der Waals surface area (Å²) in [4.78, 5) is 3.65. The van der Waals surface area contributed by atoms with Crippen LogP contribution < -0.4 is 4.74 Å². The van der Waals surface area contributed by atoms with Crippen LogP contribution in [-0.4, -0.2) is 11.9 Å². The van der Waals surface area contributed by atoms with Crippen LogP contribution in [0.25, 0.3) is 0 Å². The monoisotopic (exact) mass is 379 g/mol. The molecular weight excluding hydrogens is 350 g/mol. The number of rotatable bonds is 10. The summed E-state index contributed by atoms with van der Waals surface area (Å²) in [7, 11) is 2.16. The molecule has 2 nitrogen and oxygen atoms in total. The normalized spacial score (nSPS) is 12.3. The number of nitrogens with zero attached hydrogens (tertiary/aromatic N) is 1. The lowest BCUT2D eigenvalue weighted by Gasteiger charge is -2.20. The first-order valence-corrected chi connectivity index (χ1v) is 10.6. The van der Waals surface area contributed by atoms with Gasteiger partial charge in [0.1, 0.15) is 11.9 Å². The molecule has 0 fully saturated rings. The minimum Gasteiger partial charge on any atom is -0.485 e. The molecule has 0 amide bonds. The van der Waals surface area contributed by atoms with Crippen molar-refractivity contribution in [2.24, 2.45) is 0 Å². The van der Waals surface area contributed by atoms with E-state index in [9.17, 15) is 0 Å². The van der Waals surface area contributed by atoms with Gasteiger partial charge in [0.2, 0.25) is 0 Å². The second-order valence-electron chi connectivity index (χ2n) is 7.07. The van der Waals surface area contributed by atoms with Crippen molar-refractivity contribution in [1.29, 1.82) is 0 Å². The number of thiophene rings is 1. The number of hydrogen-bond donors (Lipinski definition) is 0. The fourth-order valence-electron chi connectivity index (χ4n) is 3.27. The third-order valence-electron chi connectivity index (χ3n) is 4.60. The van der Waals surface area contributed by atoms with Crippen molar-refractivity contribution in [1.82, 2.24) is 4.90 Å². The Bertz CT molecular complexity index is 785. The van der Waals surface area contributed by atoms with Crippen molar-refractivity contribution >= 4 is 11.3 Å². The van der Waals surface area contributed by atoms with Crippen molar-refractivity contribution < 1.29 is 4.74 Å². The van der Waals surface area contributed by atoms with E-state index < -0.39 is 0 Å². The summed E-state index contributed by atoms with van der Waals surface area (Å²) in [6, 6.07) is 23.4. The largest absolute Gasteiger partial charge is 0.485 e. The molecule has 0 saturated carbocycles. The maximum Gasteiger partial charge on any atom is 0.133 e. The third kappa shape index (κ3) is 6.23. The standard InChI is InChI=1S/C24H29NOS/c1-3-4-14-23(24-15-9-16-27-24)26-22-13-8-12-21(17-22)19-25(2)18-20-10-6-5-7-11-20/h5-13,15-17,23H,3-4,14,18-19H2,1-2H3. The molecule has 3 rings (SSSR count). The second kappa shape index (κ2) is 10.3. The first-order chi connectivity index (χ1) is 13.2. The zero-order valence-electron chi connectivity index (χ0n) is 16.3. The molecule has 3 heteroatoms. The molecule has 0 aliphatic rings. The summed E-state index contributed by atoms with van der Waals surface area (Å²) in [6.07, 6.45) is 3.59. The zero-order valence-corrected chi connectivity index (χ0v) is 17.1. The molecule has 0 aliphatic heterocycles. The molecule has 0 aliphatic carbocycles. The maximum atomic E-state index is 6.39. The van der Waals surface area contributed by atoms with Gasteiger partial charge in [-0.25, -0.2) is 0 Å². The first kappa shape index (κ1) is 19.7. The average molecular weight is 380 g/mol. The highest BCUT2D eigenvalue weighted by Gasteiger charge is 2.14. The fraction of sp³-hybridized carbons (Fsp3) is 0.333. The smallest absolute Gasteiger partial charge is 0.133 e. The van der Waals surface area contributed by atoms with Crippen molar-refractivity contribution in [3.8, 4) is 5.75 Å². The molecule has 1 atom stereocenters. The highest BCUT2D eigenvalue weighted by molar-refractivity contribution is 7.10. The summed E-state index contributed by atoms with van der Waals surface area (Å²) in [5.74, 6) is 0.968. The zero-order chi connectivity index (χ0) is 18.9. The molecule has 1 aromatic heterocycles. The van der Waals surface area contributed by atoms with Crippen molar-refractivity contribution in [2.45, 2.75) is 45.4 Å². The van der Waals surface area contributed by atoms with E-state index >= 15 is 0 Å². The SMILES string of the molecule is CCCCC(Oc1cccc(CN(C)Cc2ccccc2)c1)c1cccs1. The molecule has 0 radical (unpaired) electrons. The summed E-state index contributed by atoms with van der Waals surface area (Å²) >= 11 is 1.78. The van der Waals surface area contributed by atoms with E-state index in [1.807, 2.05) is 0 Å². The molecule has 27 heavy (non-hydrogen) atoms. The van der Waals surface area contributed by atoms with Crippen LogP contribution in [0.15, 0.2) is 72.1 Å². The highest BCUT2D eigenvalue weighted by Crippen LogP contribution is 2.30. The van der Waals surface area contributed by atoms with Gasteiger partial charge in [-0.1, -0.05) is 61.9 Å². The predicted molar refractivity (Wildman–Crippen MR) is 115 cm³/mol. The lowest BCUT2D eigenvalue weighted by atomic mass is 10.1. The first-order valence-electron chi connectivity index (χ1n) is 9.76. The lowest BCUT2D eigenvalue weighted by Crippen LogP contribution is -2.17. The molecule has 0 saturated heterocycles. The Labute approximate surface area is 167 Å². The molecule has 0 N–H and O–H groups in total. The van der Waals surface area contributed by atoms with E-state index in [2.05, 4.69) is 91.0 Å². The lowest BCUT2D eigenvalue weighted by molar-refractivity contribution is 0.194. The van der Waals surface area contributed by atoms with E-state index in [-0.39, 0.29) is 6.10 Å². The van der Waals surface area contributed by atoms with E-state index in [0.717, 1.165) is 25.3 Å². The van der Waals surface area contributed by atoms with Crippen LogP contribution >= 0.6 is 11.3 Å². The topological polar surface area (TPSA) is 12.5 Å². The van der Waals surface area contributed by atoms with E-state index in [1.54, 1.807) is 11.3 Å². The van der Waals surface area contributed by atoms with Crippen LogP contribution in [0, 0.1) is 0 Å². The van der Waals surface area contributed by atoms with Crippen LogP contribution in [-0.2, 0) is 13.1 Å². The Kier molecular flexibility index (Phi) is 7.49. The van der Waals surface area contributed by atoms with Crippen LogP contribution in [0.5, 0.6) is 5.75 Å². The third-order valence-corrected chi connectivity index (χ3v) is 5.57. The Morgan fingerprint density at radius 2 is 1.70 bits per heavy atom. The Hall–Kier alpha value is -2.10. The van der Waals surface area contributed by atoms with Gasteiger partial charge >= 0.3 is 0 Å². The predicted octanol–water partition coefficient (Wildman–Crippen LogP) is 6.69. The Morgan fingerprint density at radius 1 is 0.926 bits per heavy atom. The van der Waals surface area contributed by atoms with Gasteiger partial charge in [-0.3, -0.25) is 4.90 Å². The average Bonchev–Trinajstić information content (AvgIpc) is 3.21. The summed E-state index contributed by atoms with van der Waals surface area (Å²) in [5, 5.41) is 2.13. The van der Waals surface area contributed by atoms with Gasteiger partial charge in [0.25, 0.3) is 0 Å². The summed E-state index contributed by atoms with van der Waals surface area (Å²) < 4.78 is 6.39. The van der Waals surface area contributed by atoms with Crippen LogP contribution in [0.3, 0.4) is 0 Å². The Balaban J connectivity index is 1.63. The minimum absolute atomic E-state index is 0.155. The quantitative estimate of drug-likeness (QED) is 0.389. The van der Waals surface area contributed by atoms with Crippen LogP contribution in [0.4, 0.5) is 0 Å². The molecule has 0 spiro atoms. The van der Waals surface area contributed by atoms with E-state index in [4.69, 9.17) is 4.74 Å². The van der Waals surface area contributed by atoms with Gasteiger partial charge in [0, 0.05) is 18.0 Å². The van der Waals surface area contributed by atoms with Crippen LogP contribution in [0.2, 0.25) is 0 Å². The van der Waals surface area contributed by atoms with Crippen LogP contribution in [0.1, 0.15) is 48.3 Å². The summed E-state index contributed by atoms with van der Waals surface area (Å²) in [6.45, 7) is 4.08. The maximum absolute atomic E-state index is 6.39. The van der Waals surface area contributed by atoms with Crippen molar-refractivity contribution in [3.05, 3.63) is 88.1 Å². The number of unbranched alkanes of at least 4 members (excludes halogenated alkanes) is 1. The van der Waals surface area contributed by atoms with Gasteiger partial charge in [-0.2, -0.15) is 0 Å². The van der Waals surface area contributed by atoms with Crippen molar-refractivity contribution in [2.75, 3.05) is 7.05 Å². The van der Waals surface area contributed by atoms with E-state index in [0.29, 0.717) is 0 Å². The number of ether oxygens (including phenoxy) is 1. The molecule has 1 heterocycles. The van der Waals surface area contributed by atoms with Gasteiger partial charge < -0.3 is 4.74 Å². The summed E-state index contributed by atoms with van der Waals surface area (Å²) in [5.41, 5.74) is 2.62. The molecule has 1 unspecified atom stereocenters. The molecule has 3 aromatic rings. The van der Waals surface area contributed by atoms with E-state index in [1.165, 1.54) is 28.8 Å². The second-order valence-corrected chi connectivity index (χ2v) is 8.05. The van der Waals surface area contributed by atoms with Gasteiger partial charge in [-0.15, -0.1) is 11.3 Å². The molecular formula is C24H29NOS. The Morgan fingerprint density at radius 3 is 2.44 bits per heavy atom. The molecule has 2 aromatic carbocycles. The fourth-order valence-corrected chi connectivity index (χ4v) is 4.06. The molecule has 0 bridgehead atoms. The molecule has 142 valence electrons. The minimum atomic E-state index is 0.155. The van der Waals surface area contributed by atoms with Crippen molar-refractivity contribution in [3.63, 3.8) is 0 Å². The van der Waals surface area contributed by atoms with Gasteiger partial charge in [0.05, 0.1) is 0 Å². The number of benzene rings is 2. The van der Waals surface area contributed by atoms with Gasteiger partial charge in [0.15, 0.2) is 0 Å². The highest BCUT2D eigenvalue weighted by atomic mass is 32.1.